The lowest BCUT2D eigenvalue weighted by Crippen LogP contribution is -2.54. The zero-order chi connectivity index (χ0) is 22.1. The van der Waals surface area contributed by atoms with Gasteiger partial charge in [0.2, 0.25) is 0 Å². The van der Waals surface area contributed by atoms with E-state index in [4.69, 9.17) is 4.74 Å². The molecule has 2 N–H and O–H groups in total. The summed E-state index contributed by atoms with van der Waals surface area (Å²) in [6.45, 7) is 9.93. The predicted molar refractivity (Wildman–Crippen MR) is 117 cm³/mol. The van der Waals surface area contributed by atoms with Crippen LogP contribution in [0, 0.1) is 18.3 Å². The zero-order valence-electron chi connectivity index (χ0n) is 18.0. The highest BCUT2D eigenvalue weighted by atomic mass is 32.1. The molecule has 7 heteroatoms. The number of nitrogens with zero attached hydrogens (tertiary/aromatic N) is 1. The smallest absolute Gasteiger partial charge is 0.310 e. The Labute approximate surface area is 181 Å². The van der Waals surface area contributed by atoms with Gasteiger partial charge in [-0.1, -0.05) is 29.8 Å². The molecule has 2 heterocycles. The van der Waals surface area contributed by atoms with Crippen molar-refractivity contribution in [3.05, 3.63) is 51.4 Å². The van der Waals surface area contributed by atoms with Crippen molar-refractivity contribution in [2.45, 2.75) is 58.5 Å². The molecule has 0 saturated heterocycles. The number of carbonyl (C=O) groups excluding carboxylic acids is 2. The van der Waals surface area contributed by atoms with Crippen molar-refractivity contribution >= 4 is 28.2 Å². The molecule has 0 saturated carbocycles. The van der Waals surface area contributed by atoms with Crippen LogP contribution in [0.2, 0.25) is 0 Å². The fourth-order valence-electron chi connectivity index (χ4n) is 3.97. The SMILES string of the molecule is Cc1ccc(CC(=O)OCC(=O)Nc2sc3c(c2C#N)CC(C)(C)NC3(C)C)cc1. The number of benzene rings is 1. The molecule has 30 heavy (non-hydrogen) atoms. The Morgan fingerprint density at radius 2 is 1.90 bits per heavy atom. The van der Waals surface area contributed by atoms with Crippen molar-refractivity contribution in [2.24, 2.45) is 0 Å². The normalized spacial score (nSPS) is 16.3. The van der Waals surface area contributed by atoms with Gasteiger partial charge in [0.15, 0.2) is 6.61 Å². The second kappa shape index (κ2) is 8.21. The number of thiophene rings is 1. The minimum atomic E-state index is -0.466. The van der Waals surface area contributed by atoms with Crippen LogP contribution in [0.1, 0.15) is 54.8 Å². The van der Waals surface area contributed by atoms with Gasteiger partial charge in [-0.3, -0.25) is 9.59 Å². The monoisotopic (exact) mass is 425 g/mol. The summed E-state index contributed by atoms with van der Waals surface area (Å²) in [5, 5.41) is 16.6. The van der Waals surface area contributed by atoms with E-state index in [1.807, 2.05) is 31.2 Å². The highest BCUT2D eigenvalue weighted by molar-refractivity contribution is 7.17. The number of fused-ring (bicyclic) bond motifs is 1. The van der Waals surface area contributed by atoms with Crippen LogP contribution < -0.4 is 10.6 Å². The van der Waals surface area contributed by atoms with Crippen molar-refractivity contribution in [1.29, 1.82) is 5.26 Å². The number of esters is 1. The topological polar surface area (TPSA) is 91.2 Å². The summed E-state index contributed by atoms with van der Waals surface area (Å²) in [5.41, 5.74) is 2.95. The highest BCUT2D eigenvalue weighted by Gasteiger charge is 2.40. The van der Waals surface area contributed by atoms with Gasteiger partial charge in [0, 0.05) is 16.0 Å². The molecule has 1 aliphatic rings. The van der Waals surface area contributed by atoms with Crippen LogP contribution in [-0.4, -0.2) is 24.0 Å². The number of anilines is 1. The minimum absolute atomic E-state index is 0.110. The molecule has 0 unspecified atom stereocenters. The molecule has 0 atom stereocenters. The molecule has 6 nitrogen and oxygen atoms in total. The maximum atomic E-state index is 12.4. The van der Waals surface area contributed by atoms with Crippen LogP contribution in [0.4, 0.5) is 5.00 Å². The maximum absolute atomic E-state index is 12.4. The summed E-state index contributed by atoms with van der Waals surface area (Å²) < 4.78 is 5.12. The number of nitrogens with one attached hydrogen (secondary N) is 2. The van der Waals surface area contributed by atoms with Crippen LogP contribution in [0.25, 0.3) is 0 Å². The Morgan fingerprint density at radius 3 is 2.53 bits per heavy atom. The molecule has 0 radical (unpaired) electrons. The zero-order valence-corrected chi connectivity index (χ0v) is 18.8. The predicted octanol–water partition coefficient (Wildman–Crippen LogP) is 3.81. The van der Waals surface area contributed by atoms with E-state index in [9.17, 15) is 14.9 Å². The summed E-state index contributed by atoms with van der Waals surface area (Å²) >= 11 is 1.40. The number of carbonyl (C=O) groups is 2. The molecule has 0 spiro atoms. The standard InChI is InChI=1S/C23H27N3O3S/c1-14-6-8-15(9-7-14)10-19(28)29-13-18(27)25-21-17(12-24)16-11-22(2,3)26-23(4,5)20(16)30-21/h6-9,26H,10-11,13H2,1-5H3,(H,25,27). The van der Waals surface area contributed by atoms with Gasteiger partial charge in [0.25, 0.3) is 5.91 Å². The van der Waals surface area contributed by atoms with Gasteiger partial charge in [-0.2, -0.15) is 5.26 Å². The Hall–Kier alpha value is -2.69. The Kier molecular flexibility index (Phi) is 6.02. The van der Waals surface area contributed by atoms with E-state index in [1.54, 1.807) is 0 Å². The minimum Gasteiger partial charge on any atom is -0.455 e. The summed E-state index contributed by atoms with van der Waals surface area (Å²) in [4.78, 5) is 25.5. The first-order valence-electron chi connectivity index (χ1n) is 9.87. The van der Waals surface area contributed by atoms with Crippen LogP contribution in [0.5, 0.6) is 0 Å². The van der Waals surface area contributed by atoms with Gasteiger partial charge in [-0.15, -0.1) is 11.3 Å². The quantitative estimate of drug-likeness (QED) is 0.711. The lowest BCUT2D eigenvalue weighted by atomic mass is 9.81. The van der Waals surface area contributed by atoms with Crippen LogP contribution >= 0.6 is 11.3 Å². The average Bonchev–Trinajstić information content (AvgIpc) is 2.98. The third kappa shape index (κ3) is 4.89. The Bertz CT molecular complexity index is 1010. The van der Waals surface area contributed by atoms with Gasteiger partial charge < -0.3 is 15.4 Å². The third-order valence-electron chi connectivity index (χ3n) is 5.04. The fourth-order valence-corrected chi connectivity index (χ4v) is 5.21. The largest absolute Gasteiger partial charge is 0.455 e. The molecular formula is C23H27N3O3S. The van der Waals surface area contributed by atoms with E-state index in [1.165, 1.54) is 11.3 Å². The molecule has 0 bridgehead atoms. The number of hydrogen-bond donors (Lipinski definition) is 2. The van der Waals surface area contributed by atoms with Gasteiger partial charge in [-0.05, 0) is 52.2 Å². The number of aryl methyl sites for hydroxylation is 1. The summed E-state index contributed by atoms with van der Waals surface area (Å²) in [6.07, 6.45) is 0.811. The van der Waals surface area contributed by atoms with E-state index in [-0.39, 0.29) is 24.1 Å². The molecule has 3 rings (SSSR count). The van der Waals surface area contributed by atoms with Crippen molar-refractivity contribution < 1.29 is 14.3 Å². The van der Waals surface area contributed by atoms with Crippen molar-refractivity contribution in [3.63, 3.8) is 0 Å². The van der Waals surface area contributed by atoms with Gasteiger partial charge in [0.1, 0.15) is 11.1 Å². The molecule has 2 aromatic rings. The molecule has 0 aliphatic carbocycles. The van der Waals surface area contributed by atoms with Crippen LogP contribution in [0.3, 0.4) is 0 Å². The fraction of sp³-hybridized carbons (Fsp3) is 0.435. The molecule has 1 aromatic carbocycles. The first-order valence-corrected chi connectivity index (χ1v) is 10.7. The first-order chi connectivity index (χ1) is 14.0. The van der Waals surface area contributed by atoms with Gasteiger partial charge >= 0.3 is 5.97 Å². The maximum Gasteiger partial charge on any atom is 0.310 e. The summed E-state index contributed by atoms with van der Waals surface area (Å²) in [5.74, 6) is -0.917. The number of rotatable bonds is 5. The average molecular weight is 426 g/mol. The number of ether oxygens (including phenoxy) is 1. The second-order valence-electron chi connectivity index (χ2n) is 8.91. The Morgan fingerprint density at radius 1 is 1.23 bits per heavy atom. The Balaban J connectivity index is 1.66. The van der Waals surface area contributed by atoms with E-state index in [2.05, 4.69) is 44.4 Å². The van der Waals surface area contributed by atoms with E-state index < -0.39 is 11.9 Å². The van der Waals surface area contributed by atoms with E-state index in [0.717, 1.165) is 21.6 Å². The molecule has 0 fully saturated rings. The summed E-state index contributed by atoms with van der Waals surface area (Å²) in [7, 11) is 0. The van der Waals surface area contributed by atoms with Crippen LogP contribution in [0.15, 0.2) is 24.3 Å². The molecule has 1 aliphatic heterocycles. The van der Waals surface area contributed by atoms with E-state index >= 15 is 0 Å². The number of amides is 1. The lowest BCUT2D eigenvalue weighted by molar-refractivity contribution is -0.146. The number of nitriles is 1. The van der Waals surface area contributed by atoms with E-state index in [0.29, 0.717) is 17.0 Å². The summed E-state index contributed by atoms with van der Waals surface area (Å²) in [6, 6.07) is 9.83. The van der Waals surface area contributed by atoms with Crippen LogP contribution in [-0.2, 0) is 32.7 Å². The molecular weight excluding hydrogens is 398 g/mol. The first kappa shape index (κ1) is 22.0. The molecule has 1 amide bonds. The highest BCUT2D eigenvalue weighted by Crippen LogP contribution is 2.44. The second-order valence-corrected chi connectivity index (χ2v) is 9.93. The van der Waals surface area contributed by atoms with Gasteiger partial charge in [0.05, 0.1) is 12.0 Å². The number of hydrogen-bond acceptors (Lipinski definition) is 6. The molecule has 158 valence electrons. The van der Waals surface area contributed by atoms with Crippen molar-refractivity contribution in [2.75, 3.05) is 11.9 Å². The third-order valence-corrected chi connectivity index (χ3v) is 6.51. The van der Waals surface area contributed by atoms with Gasteiger partial charge in [-0.25, -0.2) is 0 Å². The van der Waals surface area contributed by atoms with Crippen molar-refractivity contribution in [3.8, 4) is 6.07 Å². The lowest BCUT2D eigenvalue weighted by Gasteiger charge is -2.42. The molecule has 1 aromatic heterocycles. The van der Waals surface area contributed by atoms with Crippen molar-refractivity contribution in [1.82, 2.24) is 5.32 Å².